The molecular weight excluding hydrogens is 961 g/mol. The molecule has 0 unspecified atom stereocenters. The molecule has 0 amide bonds. The lowest BCUT2D eigenvalue weighted by atomic mass is 9.81. The first-order chi connectivity index (χ1) is 32.2. The maximum absolute atomic E-state index is 14.4. The van der Waals surface area contributed by atoms with E-state index in [1.165, 1.54) is 36.4 Å². The zero-order valence-electron chi connectivity index (χ0n) is 35.3. The molecule has 0 fully saturated rings. The third kappa shape index (κ3) is 12.7. The third-order valence-corrected chi connectivity index (χ3v) is 14.6. The van der Waals surface area contributed by atoms with Gasteiger partial charge in [-0.05, 0) is 123 Å². The molecule has 0 spiro atoms. The lowest BCUT2D eigenvalue weighted by molar-refractivity contribution is 0.426. The molecule has 9 rings (SSSR count). The SMILES string of the molecule is O=S(=O)(c1cc(-c2ccccc2)cc(-c2ccccc2)c1)c1cc(-c2ccccc2)cc(-c2ccccc2)c1.O=S(=O)(c1cc(Cl)cc(Cl)c1)c1cc(Cl)cc(Cl)c1.OB(O)c1ccccc1. The van der Waals surface area contributed by atoms with Crippen LogP contribution in [0.1, 0.15) is 0 Å². The number of hydrogen-bond donors (Lipinski definition) is 2. The molecule has 0 atom stereocenters. The first-order valence-electron chi connectivity index (χ1n) is 20.5. The molecule has 9 aromatic rings. The molecule has 9 aromatic carbocycles. The summed E-state index contributed by atoms with van der Waals surface area (Å²) in [6.07, 6.45) is 0. The number of rotatable bonds is 9. The van der Waals surface area contributed by atoms with Crippen LogP contribution >= 0.6 is 46.4 Å². The fourth-order valence-electron chi connectivity index (χ4n) is 6.96. The predicted molar refractivity (Wildman–Crippen MR) is 275 cm³/mol. The number of halogens is 4. The van der Waals surface area contributed by atoms with Crippen molar-refractivity contribution in [2.24, 2.45) is 0 Å². The average Bonchev–Trinajstić information content (AvgIpc) is 3.35. The van der Waals surface area contributed by atoms with Gasteiger partial charge >= 0.3 is 7.12 Å². The predicted octanol–water partition coefficient (Wildman–Crippen LogP) is 13.7. The maximum atomic E-state index is 14.4. The van der Waals surface area contributed by atoms with Crippen LogP contribution in [0, 0.1) is 0 Å². The molecule has 0 aliphatic carbocycles. The fourth-order valence-corrected chi connectivity index (χ4v) is 11.1. The lowest BCUT2D eigenvalue weighted by Gasteiger charge is -2.14. The van der Waals surface area contributed by atoms with E-state index >= 15 is 0 Å². The topological polar surface area (TPSA) is 109 Å². The molecule has 2 N–H and O–H groups in total. The minimum Gasteiger partial charge on any atom is -0.423 e. The zero-order valence-corrected chi connectivity index (χ0v) is 40.0. The van der Waals surface area contributed by atoms with Crippen LogP contribution in [0.15, 0.2) is 244 Å². The largest absolute Gasteiger partial charge is 0.488 e. The van der Waals surface area contributed by atoms with Crippen LogP contribution in [0.5, 0.6) is 0 Å². The van der Waals surface area contributed by atoms with E-state index < -0.39 is 26.8 Å². The van der Waals surface area contributed by atoms with Gasteiger partial charge in [0.15, 0.2) is 0 Å². The van der Waals surface area contributed by atoms with Gasteiger partial charge in [0, 0.05) is 20.1 Å². The summed E-state index contributed by atoms with van der Waals surface area (Å²) in [5.74, 6) is 0. The highest BCUT2D eigenvalue weighted by Crippen LogP contribution is 2.36. The Labute approximate surface area is 411 Å². The van der Waals surface area contributed by atoms with Crippen molar-refractivity contribution in [2.75, 3.05) is 0 Å². The fraction of sp³-hybridized carbons (Fsp3) is 0. The number of hydrogen-bond acceptors (Lipinski definition) is 6. The zero-order chi connectivity index (χ0) is 47.6. The van der Waals surface area contributed by atoms with Crippen LogP contribution < -0.4 is 5.46 Å². The summed E-state index contributed by atoms with van der Waals surface area (Å²) in [6.45, 7) is 0. The van der Waals surface area contributed by atoms with Crippen molar-refractivity contribution in [3.8, 4) is 44.5 Å². The van der Waals surface area contributed by atoms with Crippen LogP contribution in [0.2, 0.25) is 20.1 Å². The van der Waals surface area contributed by atoms with Gasteiger partial charge in [-0.1, -0.05) is 198 Å². The van der Waals surface area contributed by atoms with E-state index in [9.17, 15) is 16.8 Å². The Kier molecular flexibility index (Phi) is 16.2. The van der Waals surface area contributed by atoms with Gasteiger partial charge in [0.05, 0.1) is 19.6 Å². The van der Waals surface area contributed by atoms with E-state index in [1.807, 2.05) is 127 Å². The first kappa shape index (κ1) is 48.9. The summed E-state index contributed by atoms with van der Waals surface area (Å²) in [6, 6.07) is 67.7. The molecule has 0 aliphatic heterocycles. The highest BCUT2D eigenvalue weighted by Gasteiger charge is 2.23. The molecule has 0 aromatic heterocycles. The monoisotopic (exact) mass is 998 g/mol. The van der Waals surface area contributed by atoms with Crippen molar-refractivity contribution in [1.82, 2.24) is 0 Å². The molecule has 0 radical (unpaired) electrons. The van der Waals surface area contributed by atoms with Gasteiger partial charge < -0.3 is 10.0 Å². The Hall–Kier alpha value is -5.98. The Morgan fingerprint density at radius 2 is 0.507 bits per heavy atom. The Morgan fingerprint density at radius 3 is 0.731 bits per heavy atom. The second kappa shape index (κ2) is 22.2. The van der Waals surface area contributed by atoms with Gasteiger partial charge in [-0.25, -0.2) is 16.8 Å². The second-order valence-corrected chi connectivity index (χ2v) is 20.6. The smallest absolute Gasteiger partial charge is 0.423 e. The maximum Gasteiger partial charge on any atom is 0.488 e. The van der Waals surface area contributed by atoms with Crippen LogP contribution in [0.25, 0.3) is 44.5 Å². The molecule has 13 heteroatoms. The summed E-state index contributed by atoms with van der Waals surface area (Å²) in [7, 11) is -8.97. The molecule has 0 saturated heterocycles. The summed E-state index contributed by atoms with van der Waals surface area (Å²) < 4.78 is 53.6. The molecule has 0 bridgehead atoms. The molecular formula is C54H39BCl4O6S2. The van der Waals surface area contributed by atoms with Crippen LogP contribution in [-0.2, 0) is 19.7 Å². The van der Waals surface area contributed by atoms with E-state index in [0.717, 1.165) is 44.5 Å². The number of benzene rings is 9. The van der Waals surface area contributed by atoms with Crippen molar-refractivity contribution >= 4 is 78.7 Å². The highest BCUT2D eigenvalue weighted by atomic mass is 35.5. The van der Waals surface area contributed by atoms with Crippen molar-refractivity contribution in [2.45, 2.75) is 19.6 Å². The van der Waals surface area contributed by atoms with Gasteiger partial charge in [-0.3, -0.25) is 0 Å². The summed E-state index contributed by atoms with van der Waals surface area (Å²) in [5, 5.41) is 18.1. The van der Waals surface area contributed by atoms with Crippen LogP contribution in [-0.4, -0.2) is 34.0 Å². The van der Waals surface area contributed by atoms with Crippen molar-refractivity contribution < 1.29 is 26.9 Å². The van der Waals surface area contributed by atoms with Crippen molar-refractivity contribution in [3.63, 3.8) is 0 Å². The Bertz CT molecular complexity index is 2990. The Balaban J connectivity index is 0.000000196. The van der Waals surface area contributed by atoms with Gasteiger partial charge in [0.1, 0.15) is 0 Å². The quantitative estimate of drug-likeness (QED) is 0.139. The molecule has 0 aliphatic rings. The normalized spacial score (nSPS) is 11.1. The van der Waals surface area contributed by atoms with Gasteiger partial charge in [0.25, 0.3) is 0 Å². The third-order valence-electron chi connectivity index (χ3n) is 10.3. The minimum absolute atomic E-state index is 0.0108. The van der Waals surface area contributed by atoms with Gasteiger partial charge in [-0.15, -0.1) is 0 Å². The Morgan fingerprint density at radius 1 is 0.284 bits per heavy atom. The van der Waals surface area contributed by atoms with E-state index in [-0.39, 0.29) is 39.7 Å². The molecule has 6 nitrogen and oxygen atoms in total. The summed E-state index contributed by atoms with van der Waals surface area (Å²) in [4.78, 5) is 0.519. The number of sulfone groups is 2. The van der Waals surface area contributed by atoms with Gasteiger partial charge in [-0.2, -0.15) is 0 Å². The van der Waals surface area contributed by atoms with E-state index in [1.54, 1.807) is 48.5 Å². The minimum atomic E-state index is -3.86. The van der Waals surface area contributed by atoms with Crippen LogP contribution in [0.4, 0.5) is 0 Å². The molecule has 0 heterocycles. The van der Waals surface area contributed by atoms with E-state index in [0.29, 0.717) is 5.46 Å². The van der Waals surface area contributed by atoms with E-state index in [2.05, 4.69) is 12.1 Å². The molecule has 0 saturated carbocycles. The molecule has 334 valence electrons. The van der Waals surface area contributed by atoms with Crippen LogP contribution in [0.3, 0.4) is 0 Å². The van der Waals surface area contributed by atoms with Gasteiger partial charge in [0.2, 0.25) is 19.7 Å². The van der Waals surface area contributed by atoms with Crippen molar-refractivity contribution in [3.05, 3.63) is 245 Å². The molecule has 67 heavy (non-hydrogen) atoms. The van der Waals surface area contributed by atoms with E-state index in [4.69, 9.17) is 56.5 Å². The standard InChI is InChI=1S/C36H26O2S.C12H6Cl4O2S.C6H7BO2/c37-39(38,35-23-31(27-13-5-1-6-14-27)21-32(24-35)28-15-7-2-8-16-28)36-25-33(29-17-9-3-10-18-29)22-34(26-36)30-19-11-4-12-20-30;13-7-1-8(14)4-11(3-7)19(17,18)12-5-9(15)2-10(16)6-12;8-7(9)6-4-2-1-3-5-6/h1-26H;1-6H;1-5,8-9H. The second-order valence-electron chi connectivity index (χ2n) is 15.0. The average molecular weight is 1000 g/mol. The summed E-state index contributed by atoms with van der Waals surface area (Å²) in [5.41, 5.74) is 7.83. The summed E-state index contributed by atoms with van der Waals surface area (Å²) >= 11 is 23.2. The first-order valence-corrected chi connectivity index (χ1v) is 25.0. The highest BCUT2D eigenvalue weighted by molar-refractivity contribution is 7.91. The lowest BCUT2D eigenvalue weighted by Crippen LogP contribution is -2.29. The van der Waals surface area contributed by atoms with Crippen molar-refractivity contribution in [1.29, 1.82) is 0 Å².